The molecule has 3 heterocycles. The molecule has 2 aliphatic rings. The number of imide groups is 1. The van der Waals surface area contributed by atoms with Gasteiger partial charge in [0.05, 0.1) is 19.7 Å². The van der Waals surface area contributed by atoms with Crippen LogP contribution in [-0.2, 0) is 9.59 Å². The minimum Gasteiger partial charge on any atom is -0.497 e. The Bertz CT molecular complexity index is 1260. The molecular weight excluding hydrogens is 408 g/mol. The van der Waals surface area contributed by atoms with Gasteiger partial charge in [-0.15, -0.1) is 0 Å². The van der Waals surface area contributed by atoms with Gasteiger partial charge >= 0.3 is 0 Å². The Balaban J connectivity index is 1.55. The van der Waals surface area contributed by atoms with Crippen LogP contribution in [0.1, 0.15) is 30.4 Å². The van der Waals surface area contributed by atoms with Crippen molar-refractivity contribution in [2.24, 2.45) is 5.92 Å². The molecule has 2 aromatic heterocycles. The van der Waals surface area contributed by atoms with Crippen LogP contribution in [0.2, 0.25) is 0 Å². The number of nitrogens with zero attached hydrogens (tertiary/aromatic N) is 3. The summed E-state index contributed by atoms with van der Waals surface area (Å²) in [6, 6.07) is 7.74. The highest BCUT2D eigenvalue weighted by Crippen LogP contribution is 2.31. The van der Waals surface area contributed by atoms with Gasteiger partial charge in [0.25, 0.3) is 5.91 Å². The summed E-state index contributed by atoms with van der Waals surface area (Å²) in [7, 11) is 1.63. The van der Waals surface area contributed by atoms with E-state index in [4.69, 9.17) is 9.72 Å². The van der Waals surface area contributed by atoms with Gasteiger partial charge in [-0.2, -0.15) is 9.61 Å². The molecule has 3 aromatic rings. The Morgan fingerprint density at radius 2 is 2.12 bits per heavy atom. The Hall–Kier alpha value is -3.88. The lowest BCUT2D eigenvalue weighted by atomic mass is 10.1. The average Bonchev–Trinajstić information content (AvgIpc) is 3.44. The van der Waals surface area contributed by atoms with Crippen LogP contribution in [0.15, 0.2) is 36.0 Å². The number of methoxy groups -OCH3 is 1. The van der Waals surface area contributed by atoms with Crippen molar-refractivity contribution in [3.05, 3.63) is 47.2 Å². The van der Waals surface area contributed by atoms with Crippen LogP contribution in [-0.4, -0.2) is 40.1 Å². The van der Waals surface area contributed by atoms with Gasteiger partial charge in [0, 0.05) is 35.5 Å². The second-order valence-electron chi connectivity index (χ2n) is 8.22. The molecule has 32 heavy (non-hydrogen) atoms. The zero-order chi connectivity index (χ0) is 22.2. The molecule has 0 radical (unpaired) electrons. The van der Waals surface area contributed by atoms with E-state index in [0.29, 0.717) is 28.5 Å². The largest absolute Gasteiger partial charge is 0.497 e. The number of anilines is 3. The molecule has 3 N–H and O–H groups in total. The van der Waals surface area contributed by atoms with Gasteiger partial charge < -0.3 is 15.4 Å². The van der Waals surface area contributed by atoms with E-state index in [1.165, 1.54) is 12.8 Å². The Morgan fingerprint density at radius 3 is 2.84 bits per heavy atom. The van der Waals surface area contributed by atoms with Gasteiger partial charge in [0.2, 0.25) is 5.91 Å². The molecule has 9 heteroatoms. The molecule has 5 rings (SSSR count). The van der Waals surface area contributed by atoms with Gasteiger partial charge in [0.1, 0.15) is 17.4 Å². The number of ether oxygens (including phenoxy) is 1. The third-order valence-corrected chi connectivity index (χ3v) is 5.70. The molecule has 1 aliphatic heterocycles. The van der Waals surface area contributed by atoms with Crippen molar-refractivity contribution in [2.75, 3.05) is 24.3 Å². The van der Waals surface area contributed by atoms with E-state index in [9.17, 15) is 9.59 Å². The maximum atomic E-state index is 12.0. The van der Waals surface area contributed by atoms with Gasteiger partial charge in [-0.05, 0) is 43.4 Å². The highest BCUT2D eigenvalue weighted by molar-refractivity contribution is 6.15. The predicted octanol–water partition coefficient (Wildman–Crippen LogP) is 3.04. The van der Waals surface area contributed by atoms with Gasteiger partial charge in [-0.25, -0.2) is 4.98 Å². The summed E-state index contributed by atoms with van der Waals surface area (Å²) in [4.78, 5) is 28.4. The summed E-state index contributed by atoms with van der Waals surface area (Å²) in [6.07, 6.45) is 5.86. The third-order valence-electron chi connectivity index (χ3n) is 5.70. The highest BCUT2D eigenvalue weighted by atomic mass is 16.5. The lowest BCUT2D eigenvalue weighted by Gasteiger charge is -2.14. The van der Waals surface area contributed by atoms with E-state index in [0.717, 1.165) is 29.4 Å². The highest BCUT2D eigenvalue weighted by Gasteiger charge is 2.25. The van der Waals surface area contributed by atoms with Crippen LogP contribution in [0, 0.1) is 12.8 Å². The Kier molecular flexibility index (Phi) is 5.01. The minimum absolute atomic E-state index is 0.0594. The fourth-order valence-electron chi connectivity index (χ4n) is 3.65. The summed E-state index contributed by atoms with van der Waals surface area (Å²) in [5.74, 6) is 2.20. The van der Waals surface area contributed by atoms with E-state index >= 15 is 0 Å². The first-order valence-corrected chi connectivity index (χ1v) is 10.6. The number of rotatable bonds is 7. The zero-order valence-electron chi connectivity index (χ0n) is 17.9. The Labute approximate surface area is 184 Å². The van der Waals surface area contributed by atoms with Crippen LogP contribution in [0.4, 0.5) is 17.3 Å². The number of aromatic nitrogens is 3. The molecule has 2 amide bonds. The normalized spacial score (nSPS) is 17.1. The molecule has 1 aromatic carbocycles. The summed E-state index contributed by atoms with van der Waals surface area (Å²) < 4.78 is 7.08. The Morgan fingerprint density at radius 1 is 1.28 bits per heavy atom. The van der Waals surface area contributed by atoms with Crippen molar-refractivity contribution in [2.45, 2.75) is 26.2 Å². The van der Waals surface area contributed by atoms with Crippen molar-refractivity contribution in [3.8, 4) is 5.75 Å². The number of amides is 2. The second kappa shape index (κ2) is 7.99. The molecule has 0 spiro atoms. The molecule has 164 valence electrons. The van der Waals surface area contributed by atoms with E-state index in [2.05, 4.69) is 21.0 Å². The minimum atomic E-state index is -0.372. The van der Waals surface area contributed by atoms with Gasteiger partial charge in [0.15, 0.2) is 5.65 Å². The quantitative estimate of drug-likeness (QED) is 0.389. The molecule has 9 nitrogen and oxygen atoms in total. The van der Waals surface area contributed by atoms with Gasteiger partial charge in [-0.3, -0.25) is 14.9 Å². The third kappa shape index (κ3) is 4.01. The monoisotopic (exact) mass is 432 g/mol. The van der Waals surface area contributed by atoms with Crippen molar-refractivity contribution >= 4 is 40.9 Å². The molecule has 1 aliphatic carbocycles. The predicted molar refractivity (Wildman–Crippen MR) is 121 cm³/mol. The first-order chi connectivity index (χ1) is 15.5. The fraction of sp³-hybridized carbons (Fsp3) is 0.304. The number of carbonyl (C=O) groups excluding carboxylic acids is 2. The number of carbonyl (C=O) groups is 2. The van der Waals surface area contributed by atoms with Crippen LogP contribution in [0.5, 0.6) is 5.75 Å². The van der Waals surface area contributed by atoms with Gasteiger partial charge in [-0.1, -0.05) is 6.07 Å². The molecule has 1 saturated heterocycles. The molecular formula is C23H24N6O3. The van der Waals surface area contributed by atoms with Crippen LogP contribution in [0.25, 0.3) is 11.7 Å². The summed E-state index contributed by atoms with van der Waals surface area (Å²) in [5.41, 5.74) is 3.60. The number of fused-ring (bicyclic) bond motifs is 1. The summed E-state index contributed by atoms with van der Waals surface area (Å²) >= 11 is 0. The lowest BCUT2D eigenvalue weighted by Crippen LogP contribution is -2.19. The van der Waals surface area contributed by atoms with E-state index in [-0.39, 0.29) is 18.2 Å². The fourth-order valence-corrected chi connectivity index (χ4v) is 3.65. The van der Waals surface area contributed by atoms with Crippen molar-refractivity contribution in [1.29, 1.82) is 0 Å². The number of benzene rings is 1. The standard InChI is InChI=1S/C23H24N6O3/c1-13-3-6-17(32-2)9-18(13)26-19-10-20(24-11-14-4-5-14)29-22(27-19)16(12-25-29)7-15-8-21(30)28-23(15)31/h3,6-7,9-10,12,14,24H,4-5,8,11H2,1-2H3,(H,26,27)(H,28,30,31)/b15-7+. The lowest BCUT2D eigenvalue weighted by molar-refractivity contribution is -0.124. The van der Waals surface area contributed by atoms with E-state index in [1.807, 2.05) is 31.2 Å². The van der Waals surface area contributed by atoms with Crippen molar-refractivity contribution in [1.82, 2.24) is 19.9 Å². The first-order valence-electron chi connectivity index (χ1n) is 10.6. The molecule has 2 fully saturated rings. The molecule has 0 unspecified atom stereocenters. The maximum absolute atomic E-state index is 12.0. The van der Waals surface area contributed by atoms with Crippen LogP contribution < -0.4 is 20.7 Å². The topological polar surface area (TPSA) is 110 Å². The molecule has 0 atom stereocenters. The van der Waals surface area contributed by atoms with Crippen LogP contribution in [0.3, 0.4) is 0 Å². The van der Waals surface area contributed by atoms with E-state index < -0.39 is 0 Å². The van der Waals surface area contributed by atoms with E-state index in [1.54, 1.807) is 23.9 Å². The second-order valence-corrected chi connectivity index (χ2v) is 8.22. The average molecular weight is 432 g/mol. The number of hydrogen-bond acceptors (Lipinski definition) is 7. The smallest absolute Gasteiger partial charge is 0.254 e. The number of nitrogens with one attached hydrogen (secondary N) is 3. The van der Waals surface area contributed by atoms with Crippen molar-refractivity contribution < 1.29 is 14.3 Å². The zero-order valence-corrected chi connectivity index (χ0v) is 17.9. The number of hydrogen-bond donors (Lipinski definition) is 3. The SMILES string of the molecule is COc1ccc(C)c(Nc2cc(NCC3CC3)n3ncc(/C=C4\CC(=O)NC4=O)c3n2)c1. The first kappa shape index (κ1) is 20.0. The molecule has 0 bridgehead atoms. The number of aryl methyl sites for hydroxylation is 1. The van der Waals surface area contributed by atoms with Crippen molar-refractivity contribution in [3.63, 3.8) is 0 Å². The molecule has 1 saturated carbocycles. The summed E-state index contributed by atoms with van der Waals surface area (Å²) in [6.45, 7) is 2.88. The van der Waals surface area contributed by atoms with Crippen LogP contribution >= 0.6 is 0 Å². The maximum Gasteiger partial charge on any atom is 0.254 e. The summed E-state index contributed by atoms with van der Waals surface area (Å²) in [5, 5.41) is 13.6.